The molecule has 1 aliphatic rings. The fourth-order valence-electron chi connectivity index (χ4n) is 2.93. The van der Waals surface area contributed by atoms with E-state index in [1.54, 1.807) is 0 Å². The van der Waals surface area contributed by atoms with E-state index in [2.05, 4.69) is 15.9 Å². The van der Waals surface area contributed by atoms with Crippen LogP contribution in [0.3, 0.4) is 0 Å². The van der Waals surface area contributed by atoms with Crippen molar-refractivity contribution < 1.29 is 9.90 Å². The monoisotopic (exact) mass is 311 g/mol. The Morgan fingerprint density at radius 1 is 1.39 bits per heavy atom. The van der Waals surface area contributed by atoms with E-state index < -0.39 is 11.4 Å². The van der Waals surface area contributed by atoms with Crippen molar-refractivity contribution in [3.05, 3.63) is 34.3 Å². The molecule has 0 spiro atoms. The van der Waals surface area contributed by atoms with E-state index in [1.807, 2.05) is 43.3 Å². The molecule has 1 aromatic rings. The molecule has 1 unspecified atom stereocenters. The van der Waals surface area contributed by atoms with E-state index >= 15 is 0 Å². The first kappa shape index (κ1) is 13.6. The van der Waals surface area contributed by atoms with Gasteiger partial charge < -0.3 is 10.0 Å². The molecule has 0 radical (unpaired) electrons. The smallest absolute Gasteiger partial charge is 0.311 e. The van der Waals surface area contributed by atoms with Gasteiger partial charge in [-0.25, -0.2) is 0 Å². The summed E-state index contributed by atoms with van der Waals surface area (Å²) in [5.74, 6) is -0.678. The highest BCUT2D eigenvalue weighted by molar-refractivity contribution is 9.10. The van der Waals surface area contributed by atoms with Crippen LogP contribution in [0.15, 0.2) is 28.7 Å². The molecule has 3 nitrogen and oxygen atoms in total. The number of carboxylic acid groups (broad SMARTS) is 1. The summed E-state index contributed by atoms with van der Waals surface area (Å²) in [5, 5.41) is 9.61. The number of rotatable bonds is 4. The first-order valence-corrected chi connectivity index (χ1v) is 6.92. The number of hydrogen-bond acceptors (Lipinski definition) is 2. The first-order chi connectivity index (χ1) is 8.49. The Hall–Kier alpha value is -0.870. The summed E-state index contributed by atoms with van der Waals surface area (Å²) in [6, 6.07) is 7.82. The van der Waals surface area contributed by atoms with Crippen LogP contribution in [0.5, 0.6) is 0 Å². The highest BCUT2D eigenvalue weighted by Crippen LogP contribution is 2.53. The second-order valence-electron chi connectivity index (χ2n) is 5.20. The molecule has 1 atom stereocenters. The number of carbonyl (C=O) groups is 1. The zero-order valence-electron chi connectivity index (χ0n) is 10.7. The fraction of sp³-hybridized carbons (Fsp3) is 0.500. The molecule has 0 bridgehead atoms. The highest BCUT2D eigenvalue weighted by atomic mass is 79.9. The van der Waals surface area contributed by atoms with Crippen molar-refractivity contribution in [2.45, 2.75) is 25.3 Å². The van der Waals surface area contributed by atoms with Crippen LogP contribution < -0.4 is 0 Å². The lowest BCUT2D eigenvalue weighted by Crippen LogP contribution is -2.48. The largest absolute Gasteiger partial charge is 0.481 e. The molecular weight excluding hydrogens is 294 g/mol. The molecule has 0 saturated heterocycles. The van der Waals surface area contributed by atoms with Crippen LogP contribution in [0, 0.1) is 5.41 Å². The van der Waals surface area contributed by atoms with E-state index in [1.165, 1.54) is 0 Å². The minimum atomic E-state index is -0.678. The van der Waals surface area contributed by atoms with E-state index in [4.69, 9.17) is 0 Å². The molecule has 0 aromatic heterocycles. The summed E-state index contributed by atoms with van der Waals surface area (Å²) in [7, 11) is 3.90. The Balaban J connectivity index is 2.47. The van der Waals surface area contributed by atoms with Gasteiger partial charge in [-0.2, -0.15) is 0 Å². The third kappa shape index (κ3) is 2.08. The van der Waals surface area contributed by atoms with Crippen LogP contribution >= 0.6 is 15.9 Å². The fourth-order valence-corrected chi connectivity index (χ4v) is 3.43. The number of aliphatic carboxylic acids is 1. The minimum Gasteiger partial charge on any atom is -0.481 e. The molecule has 1 aliphatic carbocycles. The van der Waals surface area contributed by atoms with Crippen LogP contribution in [-0.2, 0) is 4.79 Å². The molecule has 1 fully saturated rings. The van der Waals surface area contributed by atoms with Gasteiger partial charge in [0.25, 0.3) is 0 Å². The lowest BCUT2D eigenvalue weighted by Gasteiger charge is -2.47. The standard InChI is InChI=1S/C14H18BrNO2/c1-16(2)12(10-6-3-4-7-11(10)15)14(13(17)18)8-5-9-14/h3-4,6-7,12H,5,8-9H2,1-2H3,(H,17,18). The molecule has 1 aromatic carbocycles. The average molecular weight is 312 g/mol. The second kappa shape index (κ2) is 5.02. The summed E-state index contributed by atoms with van der Waals surface area (Å²) in [6.45, 7) is 0. The van der Waals surface area contributed by atoms with Crippen LogP contribution in [0.4, 0.5) is 0 Å². The molecule has 1 N–H and O–H groups in total. The number of hydrogen-bond donors (Lipinski definition) is 1. The van der Waals surface area contributed by atoms with Gasteiger partial charge in [-0.15, -0.1) is 0 Å². The lowest BCUT2D eigenvalue weighted by molar-refractivity contribution is -0.161. The predicted octanol–water partition coefficient (Wildman–Crippen LogP) is 3.31. The van der Waals surface area contributed by atoms with E-state index in [0.29, 0.717) is 0 Å². The van der Waals surface area contributed by atoms with Gasteiger partial charge in [-0.1, -0.05) is 40.5 Å². The van der Waals surface area contributed by atoms with E-state index in [9.17, 15) is 9.90 Å². The highest BCUT2D eigenvalue weighted by Gasteiger charge is 2.52. The molecular formula is C14H18BrNO2. The van der Waals surface area contributed by atoms with Crippen molar-refractivity contribution in [1.82, 2.24) is 4.90 Å². The molecule has 0 amide bonds. The summed E-state index contributed by atoms with van der Waals surface area (Å²) in [6.07, 6.45) is 2.51. The third-order valence-electron chi connectivity index (χ3n) is 3.91. The normalized spacial score (nSPS) is 19.3. The van der Waals surface area contributed by atoms with E-state index in [0.717, 1.165) is 29.3 Å². The molecule has 98 valence electrons. The Bertz CT molecular complexity index is 455. The van der Waals surface area contributed by atoms with Crippen molar-refractivity contribution >= 4 is 21.9 Å². The van der Waals surface area contributed by atoms with Gasteiger partial charge in [0, 0.05) is 4.47 Å². The first-order valence-electron chi connectivity index (χ1n) is 6.13. The summed E-state index contributed by atoms with van der Waals surface area (Å²) in [4.78, 5) is 13.7. The quantitative estimate of drug-likeness (QED) is 0.927. The Morgan fingerprint density at radius 2 is 2.00 bits per heavy atom. The average Bonchev–Trinajstić information content (AvgIpc) is 2.23. The summed E-state index contributed by atoms with van der Waals surface area (Å²) in [5.41, 5.74) is 0.428. The van der Waals surface area contributed by atoms with Crippen LogP contribution in [0.2, 0.25) is 0 Å². The molecule has 0 aliphatic heterocycles. The van der Waals surface area contributed by atoms with Crippen molar-refractivity contribution in [2.75, 3.05) is 14.1 Å². The number of carboxylic acids is 1. The van der Waals surface area contributed by atoms with Crippen LogP contribution in [-0.4, -0.2) is 30.1 Å². The lowest BCUT2D eigenvalue weighted by atomic mass is 9.62. The van der Waals surface area contributed by atoms with Gasteiger partial charge in [-0.05, 0) is 38.6 Å². The predicted molar refractivity (Wildman–Crippen MR) is 74.5 cm³/mol. The SMILES string of the molecule is CN(C)C(c1ccccc1Br)C1(C(=O)O)CCC1. The van der Waals surface area contributed by atoms with Crippen molar-refractivity contribution in [3.8, 4) is 0 Å². The molecule has 2 rings (SSSR count). The summed E-state index contributed by atoms with van der Waals surface area (Å²) >= 11 is 3.54. The second-order valence-corrected chi connectivity index (χ2v) is 6.06. The third-order valence-corrected chi connectivity index (χ3v) is 4.63. The van der Waals surface area contributed by atoms with Gasteiger partial charge >= 0.3 is 5.97 Å². The molecule has 0 heterocycles. The van der Waals surface area contributed by atoms with Gasteiger partial charge in [0.15, 0.2) is 0 Å². The molecule has 4 heteroatoms. The minimum absolute atomic E-state index is 0.0840. The maximum absolute atomic E-state index is 11.7. The Labute approximate surface area is 116 Å². The van der Waals surface area contributed by atoms with Crippen LogP contribution in [0.25, 0.3) is 0 Å². The topological polar surface area (TPSA) is 40.5 Å². The number of benzene rings is 1. The number of nitrogens with zero attached hydrogens (tertiary/aromatic N) is 1. The van der Waals surface area contributed by atoms with Gasteiger partial charge in [0.2, 0.25) is 0 Å². The van der Waals surface area contributed by atoms with Crippen molar-refractivity contribution in [2.24, 2.45) is 5.41 Å². The Kier molecular flexibility index (Phi) is 3.78. The van der Waals surface area contributed by atoms with Crippen LogP contribution in [0.1, 0.15) is 30.9 Å². The number of halogens is 1. The van der Waals surface area contributed by atoms with Crippen molar-refractivity contribution in [3.63, 3.8) is 0 Å². The van der Waals surface area contributed by atoms with Crippen molar-refractivity contribution in [1.29, 1.82) is 0 Å². The maximum Gasteiger partial charge on any atom is 0.311 e. The molecule has 1 saturated carbocycles. The van der Waals surface area contributed by atoms with Gasteiger partial charge in [0.05, 0.1) is 11.5 Å². The zero-order valence-corrected chi connectivity index (χ0v) is 12.3. The maximum atomic E-state index is 11.7. The van der Waals surface area contributed by atoms with Gasteiger partial charge in [0.1, 0.15) is 0 Å². The zero-order chi connectivity index (χ0) is 13.3. The Morgan fingerprint density at radius 3 is 2.39 bits per heavy atom. The van der Waals surface area contributed by atoms with E-state index in [-0.39, 0.29) is 6.04 Å². The molecule has 18 heavy (non-hydrogen) atoms. The van der Waals surface area contributed by atoms with Gasteiger partial charge in [-0.3, -0.25) is 4.79 Å². The summed E-state index contributed by atoms with van der Waals surface area (Å²) < 4.78 is 0.983.